The molecule has 0 bridgehead atoms. The average molecular weight is 293 g/mol. The fourth-order valence-corrected chi connectivity index (χ4v) is 1.52. The summed E-state index contributed by atoms with van der Waals surface area (Å²) >= 11 is 2.97. The second-order valence-corrected chi connectivity index (χ2v) is 3.76. The fraction of sp³-hybridized carbons (Fsp3) is 0.300. The van der Waals surface area contributed by atoms with Crippen LogP contribution in [0.5, 0.6) is 5.75 Å². The van der Waals surface area contributed by atoms with E-state index < -0.39 is 17.9 Å². The Labute approximate surface area is 100 Å². The molecule has 0 amide bonds. The van der Waals surface area contributed by atoms with Crippen LogP contribution in [-0.4, -0.2) is 25.3 Å². The maximum Gasteiger partial charge on any atom is 0.339 e. The number of benzene rings is 1. The molecule has 4 nitrogen and oxygen atoms in total. The van der Waals surface area contributed by atoms with Gasteiger partial charge in [-0.1, -0.05) is 6.07 Å². The van der Waals surface area contributed by atoms with Crippen molar-refractivity contribution in [2.75, 3.05) is 14.2 Å². The maximum atomic E-state index is 13.6. The maximum absolute atomic E-state index is 13.6. The van der Waals surface area contributed by atoms with Crippen LogP contribution >= 0.6 is 15.9 Å². The monoisotopic (exact) mass is 292 g/mol. The predicted molar refractivity (Wildman–Crippen MR) is 57.6 cm³/mol. The molecule has 0 aliphatic carbocycles. The van der Waals surface area contributed by atoms with E-state index in [0.29, 0.717) is 0 Å². The lowest BCUT2D eigenvalue weighted by atomic mass is 10.1. The summed E-state index contributed by atoms with van der Waals surface area (Å²) in [6.07, 6.45) is -1.57. The molecule has 1 aromatic carbocycles. The van der Waals surface area contributed by atoms with Gasteiger partial charge in [0, 0.05) is 5.56 Å². The van der Waals surface area contributed by atoms with Crippen molar-refractivity contribution in [2.24, 2.45) is 0 Å². The first-order chi connectivity index (χ1) is 7.52. The van der Waals surface area contributed by atoms with Gasteiger partial charge in [-0.3, -0.25) is 0 Å². The molecule has 88 valence electrons. The normalized spacial score (nSPS) is 12.1. The first-order valence-electron chi connectivity index (χ1n) is 4.30. The van der Waals surface area contributed by atoms with Gasteiger partial charge in [-0.15, -0.1) is 0 Å². The molecular weight excluding hydrogens is 283 g/mol. The van der Waals surface area contributed by atoms with Gasteiger partial charge < -0.3 is 14.6 Å². The predicted octanol–water partition coefficient (Wildman–Crippen LogP) is 1.80. The van der Waals surface area contributed by atoms with Gasteiger partial charge in [0.25, 0.3) is 0 Å². The van der Waals surface area contributed by atoms with Gasteiger partial charge in [0.2, 0.25) is 0 Å². The van der Waals surface area contributed by atoms with Crippen LogP contribution in [0.3, 0.4) is 0 Å². The number of hydrogen-bond acceptors (Lipinski definition) is 4. The summed E-state index contributed by atoms with van der Waals surface area (Å²) in [6, 6.07) is 2.76. The van der Waals surface area contributed by atoms with Crippen LogP contribution in [0.4, 0.5) is 4.39 Å². The summed E-state index contributed by atoms with van der Waals surface area (Å²) in [4.78, 5) is 11.1. The van der Waals surface area contributed by atoms with Crippen molar-refractivity contribution >= 4 is 21.9 Å². The molecule has 0 heterocycles. The third-order valence-corrected chi connectivity index (χ3v) is 2.62. The molecule has 1 aromatic rings. The molecule has 0 aliphatic rings. The van der Waals surface area contributed by atoms with E-state index in [0.717, 1.165) is 7.11 Å². The quantitative estimate of drug-likeness (QED) is 0.863. The van der Waals surface area contributed by atoms with Gasteiger partial charge >= 0.3 is 5.97 Å². The van der Waals surface area contributed by atoms with Gasteiger partial charge in [0.15, 0.2) is 17.7 Å². The van der Waals surface area contributed by atoms with Crippen LogP contribution in [0.25, 0.3) is 0 Å². The zero-order valence-corrected chi connectivity index (χ0v) is 10.2. The van der Waals surface area contributed by atoms with Crippen LogP contribution in [0.1, 0.15) is 11.7 Å². The van der Waals surface area contributed by atoms with E-state index in [1.54, 1.807) is 0 Å². The second kappa shape index (κ2) is 5.27. The van der Waals surface area contributed by atoms with E-state index in [4.69, 9.17) is 4.74 Å². The lowest BCUT2D eigenvalue weighted by Crippen LogP contribution is -2.15. The first-order valence-corrected chi connectivity index (χ1v) is 5.10. The van der Waals surface area contributed by atoms with Crippen LogP contribution in [0.15, 0.2) is 16.6 Å². The van der Waals surface area contributed by atoms with Gasteiger partial charge in [0.05, 0.1) is 18.7 Å². The summed E-state index contributed by atoms with van der Waals surface area (Å²) < 4.78 is 22.9. The van der Waals surface area contributed by atoms with Crippen molar-refractivity contribution in [3.05, 3.63) is 28.0 Å². The van der Waals surface area contributed by atoms with E-state index in [2.05, 4.69) is 20.7 Å². The van der Waals surface area contributed by atoms with E-state index in [1.165, 1.54) is 19.2 Å². The fourth-order valence-electron chi connectivity index (χ4n) is 1.21. The zero-order valence-electron chi connectivity index (χ0n) is 8.66. The SMILES string of the molecule is COC(=O)C(O)c1ccc(Br)c(F)c1OC. The number of hydrogen-bond donors (Lipinski definition) is 1. The minimum absolute atomic E-state index is 0.0232. The number of halogens is 2. The molecule has 1 unspecified atom stereocenters. The Morgan fingerprint density at radius 1 is 1.50 bits per heavy atom. The Hall–Kier alpha value is -1.14. The highest BCUT2D eigenvalue weighted by atomic mass is 79.9. The molecule has 0 saturated heterocycles. The highest BCUT2D eigenvalue weighted by Crippen LogP contribution is 2.33. The number of esters is 1. The molecule has 1 rings (SSSR count). The third-order valence-electron chi connectivity index (χ3n) is 2.00. The number of methoxy groups -OCH3 is 2. The second-order valence-electron chi connectivity index (χ2n) is 2.91. The van der Waals surface area contributed by atoms with Gasteiger partial charge in [-0.05, 0) is 22.0 Å². The number of carbonyl (C=O) groups excluding carboxylic acids is 1. The van der Waals surface area contributed by atoms with E-state index in [9.17, 15) is 14.3 Å². The summed E-state index contributed by atoms with van der Waals surface area (Å²) in [5.41, 5.74) is 0.0232. The Morgan fingerprint density at radius 3 is 2.62 bits per heavy atom. The molecule has 1 atom stereocenters. The van der Waals surface area contributed by atoms with Crippen molar-refractivity contribution in [3.8, 4) is 5.75 Å². The number of carbonyl (C=O) groups is 1. The topological polar surface area (TPSA) is 55.8 Å². The van der Waals surface area contributed by atoms with Crippen LogP contribution in [-0.2, 0) is 9.53 Å². The minimum atomic E-state index is -1.57. The van der Waals surface area contributed by atoms with E-state index in [-0.39, 0.29) is 15.8 Å². The van der Waals surface area contributed by atoms with Crippen molar-refractivity contribution < 1.29 is 23.8 Å². The summed E-state index contributed by atoms with van der Waals surface area (Å²) in [5, 5.41) is 9.58. The molecule has 0 fully saturated rings. The summed E-state index contributed by atoms with van der Waals surface area (Å²) in [7, 11) is 2.38. The van der Waals surface area contributed by atoms with Gasteiger partial charge in [-0.25, -0.2) is 9.18 Å². The lowest BCUT2D eigenvalue weighted by Gasteiger charge is -2.14. The summed E-state index contributed by atoms with van der Waals surface area (Å²) in [6.45, 7) is 0. The molecule has 0 aromatic heterocycles. The Bertz CT molecular complexity index is 408. The minimum Gasteiger partial charge on any atom is -0.493 e. The zero-order chi connectivity index (χ0) is 12.3. The molecular formula is C10H10BrFO4. The van der Waals surface area contributed by atoms with Crippen molar-refractivity contribution in [2.45, 2.75) is 6.10 Å². The van der Waals surface area contributed by atoms with E-state index in [1.807, 2.05) is 0 Å². The summed E-state index contributed by atoms with van der Waals surface area (Å²) in [5.74, 6) is -1.74. The van der Waals surface area contributed by atoms with Crippen LogP contribution in [0.2, 0.25) is 0 Å². The Balaban J connectivity index is 3.23. The van der Waals surface area contributed by atoms with Gasteiger partial charge in [0.1, 0.15) is 0 Å². The highest BCUT2D eigenvalue weighted by Gasteiger charge is 2.24. The Kier molecular flexibility index (Phi) is 4.26. The number of aliphatic hydroxyl groups excluding tert-OH is 1. The molecule has 6 heteroatoms. The standard InChI is InChI=1S/C10H10BrFO4/c1-15-9-5(8(13)10(14)16-2)3-4-6(11)7(9)12/h3-4,8,13H,1-2H3. The third kappa shape index (κ3) is 2.33. The van der Waals surface area contributed by atoms with E-state index >= 15 is 0 Å². The molecule has 0 spiro atoms. The van der Waals surface area contributed by atoms with Gasteiger partial charge in [-0.2, -0.15) is 0 Å². The number of aliphatic hydroxyl groups is 1. The molecule has 0 aliphatic heterocycles. The van der Waals surface area contributed by atoms with Crippen molar-refractivity contribution in [3.63, 3.8) is 0 Å². The number of rotatable bonds is 3. The largest absolute Gasteiger partial charge is 0.493 e. The van der Waals surface area contributed by atoms with Crippen LogP contribution < -0.4 is 4.74 Å². The Morgan fingerprint density at radius 2 is 2.12 bits per heavy atom. The average Bonchev–Trinajstić information content (AvgIpc) is 2.30. The highest BCUT2D eigenvalue weighted by molar-refractivity contribution is 9.10. The van der Waals surface area contributed by atoms with Crippen molar-refractivity contribution in [1.82, 2.24) is 0 Å². The molecule has 0 radical (unpaired) electrons. The molecule has 16 heavy (non-hydrogen) atoms. The van der Waals surface area contributed by atoms with Crippen molar-refractivity contribution in [1.29, 1.82) is 0 Å². The first kappa shape index (κ1) is 12.9. The molecule has 1 N–H and O–H groups in total. The molecule has 0 saturated carbocycles. The number of ether oxygens (including phenoxy) is 2. The lowest BCUT2D eigenvalue weighted by molar-refractivity contribution is -0.150. The smallest absolute Gasteiger partial charge is 0.339 e. The van der Waals surface area contributed by atoms with Crippen LogP contribution in [0, 0.1) is 5.82 Å².